The summed E-state index contributed by atoms with van der Waals surface area (Å²) in [6.45, 7) is 4.10. The maximum Gasteiger partial charge on any atom is 0.236 e. The number of aromatic nitrogens is 1. The predicted molar refractivity (Wildman–Crippen MR) is 92.3 cm³/mol. The molecule has 1 N–H and O–H groups in total. The molecule has 1 aromatic rings. The van der Waals surface area contributed by atoms with Gasteiger partial charge in [0.15, 0.2) is 0 Å². The summed E-state index contributed by atoms with van der Waals surface area (Å²) in [5, 5.41) is 12.4. The molecule has 3 rings (SSSR count). The number of amides is 1. The van der Waals surface area contributed by atoms with Crippen molar-refractivity contribution in [3.8, 4) is 6.07 Å². The second kappa shape index (κ2) is 7.63. The number of pyridine rings is 1. The van der Waals surface area contributed by atoms with Gasteiger partial charge in [-0.2, -0.15) is 5.26 Å². The number of nitrogens with one attached hydrogen (secondary N) is 1. The number of carbonyl (C=O) groups excluding carboxylic acids is 1. The lowest BCUT2D eigenvalue weighted by Crippen LogP contribution is -2.38. The smallest absolute Gasteiger partial charge is 0.236 e. The molecule has 6 heteroatoms. The van der Waals surface area contributed by atoms with E-state index in [0.717, 1.165) is 38.5 Å². The average Bonchev–Trinajstić information content (AvgIpc) is 3.30. The van der Waals surface area contributed by atoms with E-state index in [4.69, 9.17) is 5.26 Å². The first-order chi connectivity index (χ1) is 11.7. The molecule has 1 amide bonds. The lowest BCUT2D eigenvalue weighted by atomic mass is 10.1. The Morgan fingerprint density at radius 3 is 3.04 bits per heavy atom. The Morgan fingerprint density at radius 1 is 1.46 bits per heavy atom. The molecule has 6 nitrogen and oxygen atoms in total. The minimum absolute atomic E-state index is 0.229. The number of likely N-dealkylation sites (N-methyl/N-ethyl adjacent to an activating group) is 1. The van der Waals surface area contributed by atoms with Crippen LogP contribution in [0.15, 0.2) is 18.3 Å². The van der Waals surface area contributed by atoms with Crippen LogP contribution in [0.5, 0.6) is 0 Å². The molecule has 1 aliphatic heterocycles. The number of hydrogen-bond acceptors (Lipinski definition) is 5. The molecule has 0 bridgehead atoms. The minimum atomic E-state index is 0.229. The van der Waals surface area contributed by atoms with Crippen LogP contribution in [-0.2, 0) is 4.79 Å². The van der Waals surface area contributed by atoms with Gasteiger partial charge < -0.3 is 10.2 Å². The summed E-state index contributed by atoms with van der Waals surface area (Å²) in [6, 6.07) is 5.69. The van der Waals surface area contributed by atoms with Gasteiger partial charge in [0.05, 0.1) is 12.1 Å². The zero-order chi connectivity index (χ0) is 16.9. The summed E-state index contributed by atoms with van der Waals surface area (Å²) in [5.74, 6) is 2.10. The molecule has 0 unspecified atom stereocenters. The van der Waals surface area contributed by atoms with Crippen LogP contribution in [0.25, 0.3) is 0 Å². The Labute approximate surface area is 143 Å². The molecular weight excluding hydrogens is 302 g/mol. The Hall–Kier alpha value is -2.13. The van der Waals surface area contributed by atoms with Crippen molar-refractivity contribution in [1.29, 1.82) is 5.26 Å². The summed E-state index contributed by atoms with van der Waals surface area (Å²) in [4.78, 5) is 20.6. The number of carbonyl (C=O) groups is 1. The van der Waals surface area contributed by atoms with Crippen LogP contribution in [0.1, 0.15) is 24.8 Å². The van der Waals surface area contributed by atoms with Crippen LogP contribution in [0.4, 0.5) is 5.82 Å². The van der Waals surface area contributed by atoms with Gasteiger partial charge in [0.25, 0.3) is 0 Å². The molecule has 2 aliphatic rings. The number of likely N-dealkylation sites (tertiary alicyclic amines) is 1. The number of nitriles is 1. The topological polar surface area (TPSA) is 72.3 Å². The third-order valence-electron chi connectivity index (χ3n) is 4.87. The van der Waals surface area contributed by atoms with Crippen LogP contribution >= 0.6 is 0 Å². The lowest BCUT2D eigenvalue weighted by molar-refractivity contribution is -0.131. The highest BCUT2D eigenvalue weighted by Crippen LogP contribution is 2.29. The molecule has 1 aromatic heterocycles. The summed E-state index contributed by atoms with van der Waals surface area (Å²) < 4.78 is 0. The van der Waals surface area contributed by atoms with Crippen LogP contribution in [-0.4, -0.2) is 60.5 Å². The first-order valence-electron chi connectivity index (χ1n) is 8.71. The van der Waals surface area contributed by atoms with E-state index in [1.54, 1.807) is 18.3 Å². The van der Waals surface area contributed by atoms with Crippen LogP contribution in [0.2, 0.25) is 0 Å². The SMILES string of the molecule is CN(CC1CC1)C(=O)CN1CC[C@H](CNc2ncccc2C#N)C1. The molecular formula is C18H25N5O. The minimum Gasteiger partial charge on any atom is -0.369 e. The summed E-state index contributed by atoms with van der Waals surface area (Å²) in [6.07, 6.45) is 5.31. The number of rotatable bonds is 7. The fraction of sp³-hybridized carbons (Fsp3) is 0.611. The largest absolute Gasteiger partial charge is 0.369 e. The van der Waals surface area contributed by atoms with E-state index in [9.17, 15) is 4.79 Å². The first-order valence-corrected chi connectivity index (χ1v) is 8.71. The van der Waals surface area contributed by atoms with Gasteiger partial charge in [-0.3, -0.25) is 9.69 Å². The molecule has 1 atom stereocenters. The first kappa shape index (κ1) is 16.7. The maximum absolute atomic E-state index is 12.3. The predicted octanol–water partition coefficient (Wildman–Crippen LogP) is 1.56. The lowest BCUT2D eigenvalue weighted by Gasteiger charge is -2.21. The quantitative estimate of drug-likeness (QED) is 0.823. The molecule has 24 heavy (non-hydrogen) atoms. The molecule has 128 valence electrons. The Bertz CT molecular complexity index is 622. The van der Waals surface area contributed by atoms with E-state index in [1.807, 2.05) is 11.9 Å². The van der Waals surface area contributed by atoms with E-state index in [1.165, 1.54) is 12.8 Å². The molecule has 1 saturated heterocycles. The normalized spacial score (nSPS) is 20.6. The molecule has 1 saturated carbocycles. The third kappa shape index (κ3) is 4.45. The van der Waals surface area contributed by atoms with Crippen molar-refractivity contribution in [1.82, 2.24) is 14.8 Å². The second-order valence-electron chi connectivity index (χ2n) is 7.00. The molecule has 0 aromatic carbocycles. The fourth-order valence-corrected chi connectivity index (χ4v) is 3.20. The van der Waals surface area contributed by atoms with Gasteiger partial charge in [0, 0.05) is 32.9 Å². The fourth-order valence-electron chi connectivity index (χ4n) is 3.20. The molecule has 0 radical (unpaired) electrons. The van der Waals surface area contributed by atoms with Crippen LogP contribution < -0.4 is 5.32 Å². The van der Waals surface area contributed by atoms with Gasteiger partial charge in [0.1, 0.15) is 11.9 Å². The average molecular weight is 327 g/mol. The third-order valence-corrected chi connectivity index (χ3v) is 4.87. The highest BCUT2D eigenvalue weighted by atomic mass is 16.2. The Kier molecular flexibility index (Phi) is 5.31. The van der Waals surface area contributed by atoms with Crippen molar-refractivity contribution < 1.29 is 4.79 Å². The Morgan fingerprint density at radius 2 is 2.29 bits per heavy atom. The zero-order valence-corrected chi connectivity index (χ0v) is 14.2. The standard InChI is InChI=1S/C18H25N5O/c1-22(11-14-4-5-14)17(24)13-23-8-6-15(12-23)10-21-18-16(9-19)3-2-7-20-18/h2-3,7,14-15H,4-6,8,10-13H2,1H3,(H,20,21)/t15-/m1/s1. The van der Waals surface area contributed by atoms with E-state index in [2.05, 4.69) is 21.3 Å². The zero-order valence-electron chi connectivity index (χ0n) is 14.2. The molecule has 2 fully saturated rings. The summed E-state index contributed by atoms with van der Waals surface area (Å²) in [7, 11) is 1.92. The summed E-state index contributed by atoms with van der Waals surface area (Å²) >= 11 is 0. The highest BCUT2D eigenvalue weighted by Gasteiger charge is 2.28. The van der Waals surface area contributed by atoms with Gasteiger partial charge in [-0.1, -0.05) is 0 Å². The van der Waals surface area contributed by atoms with Gasteiger partial charge in [-0.15, -0.1) is 0 Å². The number of anilines is 1. The highest BCUT2D eigenvalue weighted by molar-refractivity contribution is 5.78. The van der Waals surface area contributed by atoms with Crippen molar-refractivity contribution in [2.75, 3.05) is 45.1 Å². The van der Waals surface area contributed by atoms with Crippen molar-refractivity contribution in [3.63, 3.8) is 0 Å². The van der Waals surface area contributed by atoms with E-state index >= 15 is 0 Å². The number of nitrogens with zero attached hydrogens (tertiary/aromatic N) is 4. The van der Waals surface area contributed by atoms with E-state index < -0.39 is 0 Å². The van der Waals surface area contributed by atoms with Gasteiger partial charge in [-0.05, 0) is 49.8 Å². The van der Waals surface area contributed by atoms with E-state index in [0.29, 0.717) is 23.8 Å². The van der Waals surface area contributed by atoms with Gasteiger partial charge in [0.2, 0.25) is 5.91 Å². The number of hydrogen-bond donors (Lipinski definition) is 1. The summed E-state index contributed by atoms with van der Waals surface area (Å²) in [5.41, 5.74) is 0.573. The van der Waals surface area contributed by atoms with Crippen molar-refractivity contribution in [2.24, 2.45) is 11.8 Å². The molecule has 2 heterocycles. The molecule has 0 spiro atoms. The monoisotopic (exact) mass is 327 g/mol. The van der Waals surface area contributed by atoms with Crippen LogP contribution in [0.3, 0.4) is 0 Å². The van der Waals surface area contributed by atoms with Gasteiger partial charge in [-0.25, -0.2) is 4.98 Å². The van der Waals surface area contributed by atoms with Gasteiger partial charge >= 0.3 is 0 Å². The van der Waals surface area contributed by atoms with Crippen molar-refractivity contribution in [3.05, 3.63) is 23.9 Å². The van der Waals surface area contributed by atoms with E-state index in [-0.39, 0.29) is 5.91 Å². The second-order valence-corrected chi connectivity index (χ2v) is 7.00. The van der Waals surface area contributed by atoms with Crippen LogP contribution in [0, 0.1) is 23.2 Å². The van der Waals surface area contributed by atoms with Crippen molar-refractivity contribution >= 4 is 11.7 Å². The molecule has 1 aliphatic carbocycles. The van der Waals surface area contributed by atoms with Crippen molar-refractivity contribution in [2.45, 2.75) is 19.3 Å². The maximum atomic E-state index is 12.3. The Balaban J connectivity index is 1.42.